The number of carbonyl (C=O) groups excluding carboxylic acids is 1. The standard InChI is InChI=1S/C18H20Cl2N2O4S/c1-11-5-6-13(19)9-16(11)21-18(23)12(2)22(27(4,24)25)14-7-8-17(26-3)15(20)10-14/h5-10,12H,1-4H3,(H,21,23)/t12-/m0/s1. The Morgan fingerprint density at radius 3 is 2.41 bits per heavy atom. The lowest BCUT2D eigenvalue weighted by Gasteiger charge is -2.28. The number of benzene rings is 2. The molecule has 6 nitrogen and oxygen atoms in total. The van der Waals surface area contributed by atoms with Crippen LogP contribution in [0.1, 0.15) is 12.5 Å². The molecular weight excluding hydrogens is 411 g/mol. The third-order valence-electron chi connectivity index (χ3n) is 3.94. The average molecular weight is 431 g/mol. The highest BCUT2D eigenvalue weighted by Crippen LogP contribution is 2.31. The number of sulfonamides is 1. The molecular formula is C18H20Cl2N2O4S. The van der Waals surface area contributed by atoms with Crippen LogP contribution in [-0.4, -0.2) is 33.7 Å². The van der Waals surface area contributed by atoms with Gasteiger partial charge >= 0.3 is 0 Å². The summed E-state index contributed by atoms with van der Waals surface area (Å²) in [5.41, 5.74) is 1.58. The molecule has 0 fully saturated rings. The number of amides is 1. The average Bonchev–Trinajstić information content (AvgIpc) is 2.57. The highest BCUT2D eigenvalue weighted by Gasteiger charge is 2.30. The zero-order valence-electron chi connectivity index (χ0n) is 15.3. The summed E-state index contributed by atoms with van der Waals surface area (Å²) in [5, 5.41) is 3.42. The molecule has 0 aromatic heterocycles. The van der Waals surface area contributed by atoms with Crippen LogP contribution in [0.3, 0.4) is 0 Å². The van der Waals surface area contributed by atoms with Gasteiger partial charge in [0.25, 0.3) is 0 Å². The van der Waals surface area contributed by atoms with Gasteiger partial charge in [-0.2, -0.15) is 0 Å². The van der Waals surface area contributed by atoms with Crippen molar-refractivity contribution in [3.8, 4) is 5.75 Å². The van der Waals surface area contributed by atoms with Gasteiger partial charge in [-0.3, -0.25) is 9.10 Å². The molecule has 9 heteroatoms. The molecule has 146 valence electrons. The summed E-state index contributed by atoms with van der Waals surface area (Å²) in [4.78, 5) is 12.7. The molecule has 1 atom stereocenters. The van der Waals surface area contributed by atoms with Crippen LogP contribution in [0, 0.1) is 6.92 Å². The molecule has 1 amide bonds. The molecule has 0 unspecified atom stereocenters. The molecule has 2 aromatic carbocycles. The van der Waals surface area contributed by atoms with Crippen molar-refractivity contribution in [2.24, 2.45) is 0 Å². The number of anilines is 2. The minimum Gasteiger partial charge on any atom is -0.495 e. The molecule has 0 aliphatic carbocycles. The minimum absolute atomic E-state index is 0.238. The number of nitrogens with zero attached hydrogens (tertiary/aromatic N) is 1. The molecule has 27 heavy (non-hydrogen) atoms. The van der Waals surface area contributed by atoms with Gasteiger partial charge in [0.05, 0.1) is 24.1 Å². The van der Waals surface area contributed by atoms with Crippen molar-refractivity contribution in [2.75, 3.05) is 23.0 Å². The second-order valence-corrected chi connectivity index (χ2v) is 8.71. The number of aryl methyl sites for hydroxylation is 1. The van der Waals surface area contributed by atoms with E-state index in [2.05, 4.69) is 5.32 Å². The molecule has 0 aliphatic rings. The zero-order valence-corrected chi connectivity index (χ0v) is 17.6. The predicted molar refractivity (Wildman–Crippen MR) is 110 cm³/mol. The Morgan fingerprint density at radius 1 is 1.19 bits per heavy atom. The van der Waals surface area contributed by atoms with Crippen molar-refractivity contribution in [3.05, 3.63) is 52.0 Å². The van der Waals surface area contributed by atoms with Crippen LogP contribution in [0.2, 0.25) is 10.0 Å². The first kappa shape index (κ1) is 21.3. The predicted octanol–water partition coefficient (Wildman–Crippen LogP) is 4.10. The highest BCUT2D eigenvalue weighted by atomic mass is 35.5. The fourth-order valence-corrected chi connectivity index (χ4v) is 4.16. The van der Waals surface area contributed by atoms with Crippen molar-refractivity contribution >= 4 is 50.5 Å². The van der Waals surface area contributed by atoms with Crippen molar-refractivity contribution in [1.29, 1.82) is 0 Å². The molecule has 0 spiro atoms. The Kier molecular flexibility index (Phi) is 6.62. The van der Waals surface area contributed by atoms with Gasteiger partial charge in [0.1, 0.15) is 11.8 Å². The zero-order chi connectivity index (χ0) is 20.4. The number of hydrogen-bond acceptors (Lipinski definition) is 4. The maximum Gasteiger partial charge on any atom is 0.248 e. The molecule has 1 N–H and O–H groups in total. The van der Waals surface area contributed by atoms with Crippen molar-refractivity contribution < 1.29 is 17.9 Å². The SMILES string of the molecule is COc1ccc(N([C@@H](C)C(=O)Nc2cc(Cl)ccc2C)S(C)(=O)=O)cc1Cl. The molecule has 0 saturated heterocycles. The lowest BCUT2D eigenvalue weighted by Crippen LogP contribution is -2.45. The van der Waals surface area contributed by atoms with Crippen LogP contribution in [-0.2, 0) is 14.8 Å². The first-order valence-electron chi connectivity index (χ1n) is 7.94. The molecule has 0 radical (unpaired) electrons. The van der Waals surface area contributed by atoms with E-state index < -0.39 is 22.0 Å². The van der Waals surface area contributed by atoms with Crippen LogP contribution in [0.4, 0.5) is 11.4 Å². The number of carbonyl (C=O) groups is 1. The van der Waals surface area contributed by atoms with E-state index >= 15 is 0 Å². The van der Waals surface area contributed by atoms with Crippen molar-refractivity contribution in [1.82, 2.24) is 0 Å². The van der Waals surface area contributed by atoms with Gasteiger partial charge in [-0.15, -0.1) is 0 Å². The van der Waals surface area contributed by atoms with E-state index in [1.807, 2.05) is 6.92 Å². The van der Waals surface area contributed by atoms with Crippen LogP contribution in [0.25, 0.3) is 0 Å². The third kappa shape index (κ3) is 5.06. The Balaban J connectivity index is 2.37. The molecule has 0 aliphatic heterocycles. The smallest absolute Gasteiger partial charge is 0.248 e. The summed E-state index contributed by atoms with van der Waals surface area (Å²) >= 11 is 12.1. The molecule has 0 heterocycles. The highest BCUT2D eigenvalue weighted by molar-refractivity contribution is 7.92. The normalized spacial score (nSPS) is 12.4. The van der Waals surface area contributed by atoms with E-state index in [1.54, 1.807) is 24.3 Å². The van der Waals surface area contributed by atoms with Crippen LogP contribution >= 0.6 is 23.2 Å². The lowest BCUT2D eigenvalue weighted by atomic mass is 10.2. The number of halogens is 2. The van der Waals surface area contributed by atoms with E-state index in [9.17, 15) is 13.2 Å². The summed E-state index contributed by atoms with van der Waals surface area (Å²) in [6, 6.07) is 8.56. The fraction of sp³-hybridized carbons (Fsp3) is 0.278. The van der Waals surface area contributed by atoms with Gasteiger partial charge < -0.3 is 10.1 Å². The second-order valence-electron chi connectivity index (χ2n) is 6.00. The largest absolute Gasteiger partial charge is 0.495 e. The quantitative estimate of drug-likeness (QED) is 0.747. The maximum absolute atomic E-state index is 12.7. The maximum atomic E-state index is 12.7. The molecule has 2 aromatic rings. The minimum atomic E-state index is -3.76. The number of ether oxygens (including phenoxy) is 1. The van der Waals surface area contributed by atoms with E-state index in [4.69, 9.17) is 27.9 Å². The second kappa shape index (κ2) is 8.37. The first-order chi connectivity index (χ1) is 12.5. The Labute approximate surface area is 169 Å². The third-order valence-corrected chi connectivity index (χ3v) is 5.71. The first-order valence-corrected chi connectivity index (χ1v) is 10.5. The summed E-state index contributed by atoms with van der Waals surface area (Å²) in [6.45, 7) is 3.31. The van der Waals surface area contributed by atoms with E-state index in [0.29, 0.717) is 16.5 Å². The molecule has 2 rings (SSSR count). The Morgan fingerprint density at radius 2 is 1.85 bits per heavy atom. The van der Waals surface area contributed by atoms with E-state index in [0.717, 1.165) is 16.1 Å². The van der Waals surface area contributed by atoms with Gasteiger partial charge in [0, 0.05) is 10.7 Å². The fourth-order valence-electron chi connectivity index (χ4n) is 2.57. The number of hydrogen-bond donors (Lipinski definition) is 1. The summed E-state index contributed by atoms with van der Waals surface area (Å²) in [5.74, 6) is -0.0988. The van der Waals surface area contributed by atoms with Gasteiger partial charge in [0.2, 0.25) is 15.9 Å². The topological polar surface area (TPSA) is 75.7 Å². The van der Waals surface area contributed by atoms with Crippen LogP contribution < -0.4 is 14.4 Å². The summed E-state index contributed by atoms with van der Waals surface area (Å²) < 4.78 is 30.8. The van der Waals surface area contributed by atoms with Crippen LogP contribution in [0.5, 0.6) is 5.75 Å². The van der Waals surface area contributed by atoms with Crippen molar-refractivity contribution in [2.45, 2.75) is 19.9 Å². The van der Waals surface area contributed by atoms with E-state index in [1.165, 1.54) is 26.2 Å². The Bertz CT molecular complexity index is 964. The Hall–Kier alpha value is -1.96. The molecule has 0 bridgehead atoms. The number of nitrogens with one attached hydrogen (secondary N) is 1. The number of methoxy groups -OCH3 is 1. The molecule has 0 saturated carbocycles. The summed E-state index contributed by atoms with van der Waals surface area (Å²) in [7, 11) is -2.31. The summed E-state index contributed by atoms with van der Waals surface area (Å²) in [6.07, 6.45) is 1.03. The monoisotopic (exact) mass is 430 g/mol. The van der Waals surface area contributed by atoms with Crippen LogP contribution in [0.15, 0.2) is 36.4 Å². The van der Waals surface area contributed by atoms with Crippen molar-refractivity contribution in [3.63, 3.8) is 0 Å². The van der Waals surface area contributed by atoms with Gasteiger partial charge in [-0.25, -0.2) is 8.42 Å². The van der Waals surface area contributed by atoms with Gasteiger partial charge in [-0.1, -0.05) is 29.3 Å². The number of rotatable bonds is 6. The lowest BCUT2D eigenvalue weighted by molar-refractivity contribution is -0.116. The van der Waals surface area contributed by atoms with Gasteiger partial charge in [-0.05, 0) is 49.7 Å². The van der Waals surface area contributed by atoms with E-state index in [-0.39, 0.29) is 10.7 Å². The van der Waals surface area contributed by atoms with Gasteiger partial charge in [0.15, 0.2) is 0 Å².